The Bertz CT molecular complexity index is 583. The second-order valence-electron chi connectivity index (χ2n) is 5.14. The molecule has 3 rings (SSSR count). The predicted octanol–water partition coefficient (Wildman–Crippen LogP) is 0.796. The van der Waals surface area contributed by atoms with Crippen LogP contribution < -0.4 is 10.6 Å². The number of anilines is 2. The zero-order valence-electron chi connectivity index (χ0n) is 11.1. The fourth-order valence-corrected chi connectivity index (χ4v) is 2.72. The SMILES string of the molecule is COC1C[C@@H](C)CN(c2nc(N)nc3[nH]ncc23)C1. The lowest BCUT2D eigenvalue weighted by atomic mass is 9.97. The molecule has 0 radical (unpaired) electrons. The van der Waals surface area contributed by atoms with E-state index in [9.17, 15) is 0 Å². The molecule has 0 saturated carbocycles. The van der Waals surface area contributed by atoms with E-state index in [1.165, 1.54) is 0 Å². The highest BCUT2D eigenvalue weighted by Gasteiger charge is 2.27. The molecule has 19 heavy (non-hydrogen) atoms. The summed E-state index contributed by atoms with van der Waals surface area (Å²) >= 11 is 0. The van der Waals surface area contributed by atoms with Crippen molar-refractivity contribution in [1.29, 1.82) is 0 Å². The van der Waals surface area contributed by atoms with Gasteiger partial charge >= 0.3 is 0 Å². The number of aromatic amines is 1. The van der Waals surface area contributed by atoms with Crippen LogP contribution in [0.3, 0.4) is 0 Å². The van der Waals surface area contributed by atoms with Gasteiger partial charge < -0.3 is 15.4 Å². The maximum absolute atomic E-state index is 5.76. The largest absolute Gasteiger partial charge is 0.380 e. The highest BCUT2D eigenvalue weighted by Crippen LogP contribution is 2.28. The first-order valence-corrected chi connectivity index (χ1v) is 6.41. The smallest absolute Gasteiger partial charge is 0.224 e. The van der Waals surface area contributed by atoms with Gasteiger partial charge in [0.15, 0.2) is 5.65 Å². The van der Waals surface area contributed by atoms with E-state index in [0.29, 0.717) is 11.6 Å². The molecule has 1 fully saturated rings. The van der Waals surface area contributed by atoms with Gasteiger partial charge in [0.05, 0.1) is 17.7 Å². The number of fused-ring (bicyclic) bond motifs is 1. The maximum atomic E-state index is 5.76. The fourth-order valence-electron chi connectivity index (χ4n) is 2.72. The molecule has 1 aliphatic rings. The third kappa shape index (κ3) is 2.21. The lowest BCUT2D eigenvalue weighted by Gasteiger charge is -2.36. The monoisotopic (exact) mass is 262 g/mol. The van der Waals surface area contributed by atoms with Crippen LogP contribution in [-0.2, 0) is 4.74 Å². The van der Waals surface area contributed by atoms with Crippen LogP contribution >= 0.6 is 0 Å². The van der Waals surface area contributed by atoms with Crippen LogP contribution in [-0.4, -0.2) is 46.5 Å². The average Bonchev–Trinajstić information content (AvgIpc) is 2.84. The third-order valence-electron chi connectivity index (χ3n) is 3.56. The predicted molar refractivity (Wildman–Crippen MR) is 72.9 cm³/mol. The van der Waals surface area contributed by atoms with Crippen molar-refractivity contribution in [3.05, 3.63) is 6.20 Å². The van der Waals surface area contributed by atoms with Gasteiger partial charge in [-0.15, -0.1) is 0 Å². The summed E-state index contributed by atoms with van der Waals surface area (Å²) in [6.07, 6.45) is 3.04. The summed E-state index contributed by atoms with van der Waals surface area (Å²) in [6, 6.07) is 0. The Balaban J connectivity index is 2.00. The Morgan fingerprint density at radius 3 is 3.05 bits per heavy atom. The van der Waals surface area contributed by atoms with Gasteiger partial charge in [0.1, 0.15) is 5.82 Å². The average molecular weight is 262 g/mol. The zero-order chi connectivity index (χ0) is 13.4. The molecule has 7 heteroatoms. The van der Waals surface area contributed by atoms with Crippen LogP contribution in [0.5, 0.6) is 0 Å². The standard InChI is InChI=1S/C12H18N6O/c1-7-3-8(19-2)6-18(5-7)11-9-4-14-17-10(9)15-12(13)16-11/h4,7-8H,3,5-6H2,1-2H3,(H3,13,14,15,16,17)/t7-,8?/m1/s1. The number of methoxy groups -OCH3 is 1. The van der Waals surface area contributed by atoms with Crippen molar-refractivity contribution in [2.24, 2.45) is 5.92 Å². The molecule has 102 valence electrons. The normalized spacial score (nSPS) is 24.0. The molecule has 7 nitrogen and oxygen atoms in total. The first-order valence-electron chi connectivity index (χ1n) is 6.41. The van der Waals surface area contributed by atoms with Crippen molar-refractivity contribution in [3.63, 3.8) is 0 Å². The van der Waals surface area contributed by atoms with E-state index < -0.39 is 0 Å². The van der Waals surface area contributed by atoms with Gasteiger partial charge in [-0.2, -0.15) is 15.1 Å². The molecule has 2 aromatic rings. The van der Waals surface area contributed by atoms with Crippen LogP contribution in [0.15, 0.2) is 6.20 Å². The Kier molecular flexibility index (Phi) is 2.98. The number of hydrogen-bond donors (Lipinski definition) is 2. The van der Waals surface area contributed by atoms with Crippen molar-refractivity contribution in [3.8, 4) is 0 Å². The highest BCUT2D eigenvalue weighted by atomic mass is 16.5. The van der Waals surface area contributed by atoms with Gasteiger partial charge in [-0.1, -0.05) is 6.92 Å². The third-order valence-corrected chi connectivity index (χ3v) is 3.56. The number of aromatic nitrogens is 4. The molecule has 3 heterocycles. The van der Waals surface area contributed by atoms with Crippen LogP contribution in [0.1, 0.15) is 13.3 Å². The van der Waals surface area contributed by atoms with Crippen LogP contribution in [0, 0.1) is 5.92 Å². The second kappa shape index (κ2) is 4.65. The van der Waals surface area contributed by atoms with E-state index in [0.717, 1.165) is 30.7 Å². The van der Waals surface area contributed by atoms with Crippen molar-refractivity contribution < 1.29 is 4.74 Å². The number of nitrogen functional groups attached to an aromatic ring is 1. The number of piperidine rings is 1. The minimum absolute atomic E-state index is 0.224. The maximum Gasteiger partial charge on any atom is 0.224 e. The molecule has 3 N–H and O–H groups in total. The number of rotatable bonds is 2. The van der Waals surface area contributed by atoms with Crippen molar-refractivity contribution in [2.75, 3.05) is 30.8 Å². The molecule has 0 spiro atoms. The summed E-state index contributed by atoms with van der Waals surface area (Å²) < 4.78 is 5.50. The number of nitrogens with zero attached hydrogens (tertiary/aromatic N) is 4. The van der Waals surface area contributed by atoms with E-state index in [1.807, 2.05) is 0 Å². The molecule has 2 atom stereocenters. The van der Waals surface area contributed by atoms with Gasteiger partial charge in [-0.3, -0.25) is 5.10 Å². The van der Waals surface area contributed by atoms with Crippen LogP contribution in [0.25, 0.3) is 11.0 Å². The van der Waals surface area contributed by atoms with Gasteiger partial charge in [0.2, 0.25) is 5.95 Å². The Morgan fingerprint density at radius 1 is 1.42 bits per heavy atom. The molecule has 0 aliphatic carbocycles. The molecule has 2 aromatic heterocycles. The first kappa shape index (κ1) is 12.2. The van der Waals surface area contributed by atoms with Gasteiger partial charge in [-0.25, -0.2) is 0 Å². The summed E-state index contributed by atoms with van der Waals surface area (Å²) in [5, 5.41) is 7.75. The van der Waals surface area contributed by atoms with E-state index in [-0.39, 0.29) is 12.1 Å². The molecular formula is C12H18N6O. The number of ether oxygens (including phenoxy) is 1. The number of nitrogens with one attached hydrogen (secondary N) is 1. The Labute approximate surface area is 111 Å². The minimum atomic E-state index is 0.224. The van der Waals surface area contributed by atoms with Crippen LogP contribution in [0.2, 0.25) is 0 Å². The molecule has 0 bridgehead atoms. The molecule has 1 unspecified atom stereocenters. The lowest BCUT2D eigenvalue weighted by Crippen LogP contribution is -2.43. The topological polar surface area (TPSA) is 93.0 Å². The molecule has 1 saturated heterocycles. The molecule has 0 amide bonds. The zero-order valence-corrected chi connectivity index (χ0v) is 11.1. The van der Waals surface area contributed by atoms with Gasteiger partial charge in [0, 0.05) is 20.2 Å². The lowest BCUT2D eigenvalue weighted by molar-refractivity contribution is 0.0744. The first-order chi connectivity index (χ1) is 9.17. The van der Waals surface area contributed by atoms with Crippen molar-refractivity contribution in [2.45, 2.75) is 19.4 Å². The number of H-pyrrole nitrogens is 1. The van der Waals surface area contributed by atoms with Crippen LogP contribution in [0.4, 0.5) is 11.8 Å². The van der Waals surface area contributed by atoms with E-state index in [4.69, 9.17) is 10.5 Å². The number of nitrogens with two attached hydrogens (primary N) is 1. The summed E-state index contributed by atoms with van der Waals surface area (Å²) in [4.78, 5) is 10.7. The highest BCUT2D eigenvalue weighted by molar-refractivity contribution is 5.87. The van der Waals surface area contributed by atoms with Crippen molar-refractivity contribution in [1.82, 2.24) is 20.2 Å². The van der Waals surface area contributed by atoms with E-state index in [1.54, 1.807) is 13.3 Å². The molecule has 0 aromatic carbocycles. The van der Waals surface area contributed by atoms with E-state index >= 15 is 0 Å². The quantitative estimate of drug-likeness (QED) is 0.831. The molecule has 1 aliphatic heterocycles. The summed E-state index contributed by atoms with van der Waals surface area (Å²) in [5.74, 6) is 1.65. The Hall–Kier alpha value is -1.89. The van der Waals surface area contributed by atoms with Gasteiger partial charge in [-0.05, 0) is 12.3 Å². The Morgan fingerprint density at radius 2 is 2.26 bits per heavy atom. The van der Waals surface area contributed by atoms with Crippen molar-refractivity contribution >= 4 is 22.8 Å². The molecular weight excluding hydrogens is 244 g/mol. The number of hydrogen-bond acceptors (Lipinski definition) is 6. The van der Waals surface area contributed by atoms with Gasteiger partial charge in [0.25, 0.3) is 0 Å². The van der Waals surface area contributed by atoms with E-state index in [2.05, 4.69) is 32.0 Å². The minimum Gasteiger partial charge on any atom is -0.380 e. The summed E-state index contributed by atoms with van der Waals surface area (Å²) in [5.41, 5.74) is 6.44. The summed E-state index contributed by atoms with van der Waals surface area (Å²) in [6.45, 7) is 3.98. The second-order valence-corrected chi connectivity index (χ2v) is 5.14. The summed E-state index contributed by atoms with van der Waals surface area (Å²) in [7, 11) is 1.75. The fraction of sp³-hybridized carbons (Fsp3) is 0.583.